The summed E-state index contributed by atoms with van der Waals surface area (Å²) in [5, 5.41) is 7.18. The highest BCUT2D eigenvalue weighted by Gasteiger charge is 2.27. The number of methoxy groups -OCH3 is 1. The van der Waals surface area contributed by atoms with E-state index in [-0.39, 0.29) is 25.4 Å². The van der Waals surface area contributed by atoms with Gasteiger partial charge < -0.3 is 10.1 Å². The van der Waals surface area contributed by atoms with Crippen molar-refractivity contribution in [2.24, 2.45) is 0 Å². The zero-order valence-corrected chi connectivity index (χ0v) is 12.3. The molecule has 2 aromatic heterocycles. The van der Waals surface area contributed by atoms with Crippen LogP contribution < -0.4 is 10.1 Å². The number of ether oxygens (including phenoxy) is 1. The summed E-state index contributed by atoms with van der Waals surface area (Å²) in [5.41, 5.74) is 2.26. The van der Waals surface area contributed by atoms with Crippen LogP contribution in [0.4, 0.5) is 0 Å². The van der Waals surface area contributed by atoms with Crippen LogP contribution >= 0.6 is 13.5 Å². The molecule has 2 aromatic rings. The van der Waals surface area contributed by atoms with Gasteiger partial charge in [0.25, 0.3) is 5.91 Å². The van der Waals surface area contributed by atoms with Gasteiger partial charge in [-0.1, -0.05) is 0 Å². The van der Waals surface area contributed by atoms with E-state index in [1.807, 2.05) is 13.0 Å². The van der Waals surface area contributed by atoms with Crippen molar-refractivity contribution in [3.63, 3.8) is 0 Å². The molecule has 0 spiro atoms. The molecule has 20 heavy (non-hydrogen) atoms. The molecule has 0 unspecified atom stereocenters. The van der Waals surface area contributed by atoms with E-state index in [4.69, 9.17) is 4.74 Å². The maximum absolute atomic E-state index is 12.0. The summed E-state index contributed by atoms with van der Waals surface area (Å²) < 4.78 is 6.87. The largest absolute Gasteiger partial charge is 0.481 e. The van der Waals surface area contributed by atoms with Crippen LogP contribution in [0, 0.1) is 0 Å². The molecule has 7 heteroatoms. The second-order valence-electron chi connectivity index (χ2n) is 4.50. The van der Waals surface area contributed by atoms with Crippen molar-refractivity contribution >= 4 is 19.4 Å². The highest BCUT2D eigenvalue weighted by Crippen LogP contribution is 2.28. The van der Waals surface area contributed by atoms with E-state index < -0.39 is 0 Å². The van der Waals surface area contributed by atoms with Gasteiger partial charge in [0, 0.05) is 24.4 Å². The summed E-state index contributed by atoms with van der Waals surface area (Å²) in [6, 6.07) is 3.79. The average molecular weight is 292 g/mol. The molecule has 1 atom stereocenters. The Bertz CT molecular complexity index is 641. The van der Waals surface area contributed by atoms with E-state index in [2.05, 4.69) is 15.4 Å². The third-order valence-corrected chi connectivity index (χ3v) is 3.24. The van der Waals surface area contributed by atoms with Crippen LogP contribution in [-0.2, 0) is 0 Å². The number of carbonyl (C=O) groups excluding carboxylic acids is 1. The van der Waals surface area contributed by atoms with Crippen LogP contribution in [0.5, 0.6) is 5.88 Å². The smallest absolute Gasteiger partial charge is 0.270 e. The van der Waals surface area contributed by atoms with Crippen LogP contribution in [-0.4, -0.2) is 34.3 Å². The summed E-state index contributed by atoms with van der Waals surface area (Å²) in [4.78, 5) is 16.1. The third kappa shape index (κ3) is 2.24. The van der Waals surface area contributed by atoms with Gasteiger partial charge >= 0.3 is 0 Å². The lowest BCUT2D eigenvalue weighted by atomic mass is 10.1. The molecule has 106 valence electrons. The standard InChI is InChI=1S/C13H14N4O2.H2S/c1-8-6-15-13(18)12-10(7-16-17(8)12)9-3-4-14-11(5-9)19-2;/h3-5,7-8H,6H2,1-2H3,(H,15,18);1H2/t8-;/m0./s1. The van der Waals surface area contributed by atoms with Crippen LogP contribution in [0.3, 0.4) is 0 Å². The van der Waals surface area contributed by atoms with E-state index in [1.165, 1.54) is 0 Å². The Morgan fingerprint density at radius 1 is 1.50 bits per heavy atom. The Balaban J connectivity index is 0.00000147. The summed E-state index contributed by atoms with van der Waals surface area (Å²) in [5.74, 6) is 0.420. The number of nitrogens with zero attached hydrogens (tertiary/aromatic N) is 3. The predicted molar refractivity (Wildman–Crippen MR) is 79.4 cm³/mol. The molecule has 1 aliphatic heterocycles. The Morgan fingerprint density at radius 3 is 3.05 bits per heavy atom. The number of fused-ring (bicyclic) bond motifs is 1. The fourth-order valence-electron chi connectivity index (χ4n) is 2.23. The number of hydrogen-bond acceptors (Lipinski definition) is 4. The van der Waals surface area contributed by atoms with Crippen molar-refractivity contribution in [3.8, 4) is 17.0 Å². The first-order chi connectivity index (χ1) is 9.20. The summed E-state index contributed by atoms with van der Waals surface area (Å²) in [6.07, 6.45) is 3.37. The van der Waals surface area contributed by atoms with E-state index in [0.29, 0.717) is 18.1 Å². The van der Waals surface area contributed by atoms with Gasteiger partial charge in [0.2, 0.25) is 5.88 Å². The predicted octanol–water partition coefficient (Wildman–Crippen LogP) is 1.37. The van der Waals surface area contributed by atoms with Crippen LogP contribution in [0.2, 0.25) is 0 Å². The van der Waals surface area contributed by atoms with Gasteiger partial charge in [-0.25, -0.2) is 4.98 Å². The van der Waals surface area contributed by atoms with Crippen LogP contribution in [0.1, 0.15) is 23.5 Å². The Morgan fingerprint density at radius 2 is 2.30 bits per heavy atom. The highest BCUT2D eigenvalue weighted by atomic mass is 32.1. The van der Waals surface area contributed by atoms with Gasteiger partial charge in [-0.15, -0.1) is 0 Å². The molecule has 3 rings (SSSR count). The normalized spacial score (nSPS) is 16.9. The van der Waals surface area contributed by atoms with Gasteiger partial charge in [-0.2, -0.15) is 18.6 Å². The molecule has 0 aromatic carbocycles. The minimum atomic E-state index is -0.0959. The summed E-state index contributed by atoms with van der Waals surface area (Å²) >= 11 is 0. The maximum Gasteiger partial charge on any atom is 0.270 e. The Kier molecular flexibility index (Phi) is 3.99. The van der Waals surface area contributed by atoms with Crippen molar-refractivity contribution in [3.05, 3.63) is 30.2 Å². The summed E-state index contributed by atoms with van der Waals surface area (Å²) in [6.45, 7) is 2.62. The van der Waals surface area contributed by atoms with Gasteiger partial charge in [0.15, 0.2) is 0 Å². The minimum absolute atomic E-state index is 0. The van der Waals surface area contributed by atoms with Crippen molar-refractivity contribution in [2.45, 2.75) is 13.0 Å². The number of amides is 1. The fourth-order valence-corrected chi connectivity index (χ4v) is 2.23. The van der Waals surface area contributed by atoms with Crippen LogP contribution in [0.25, 0.3) is 11.1 Å². The number of nitrogens with one attached hydrogen (secondary N) is 1. The minimum Gasteiger partial charge on any atom is -0.481 e. The lowest BCUT2D eigenvalue weighted by Crippen LogP contribution is -2.38. The van der Waals surface area contributed by atoms with E-state index in [1.54, 1.807) is 30.3 Å². The van der Waals surface area contributed by atoms with E-state index in [0.717, 1.165) is 11.1 Å². The second-order valence-corrected chi connectivity index (χ2v) is 4.50. The molecule has 6 nitrogen and oxygen atoms in total. The van der Waals surface area contributed by atoms with Crippen molar-refractivity contribution in [1.29, 1.82) is 0 Å². The first kappa shape index (κ1) is 14.4. The monoisotopic (exact) mass is 292 g/mol. The maximum atomic E-state index is 12.0. The van der Waals surface area contributed by atoms with Crippen LogP contribution in [0.15, 0.2) is 24.5 Å². The van der Waals surface area contributed by atoms with Gasteiger partial charge in [0.05, 0.1) is 19.3 Å². The Labute approximate surface area is 123 Å². The molecule has 3 heterocycles. The van der Waals surface area contributed by atoms with E-state index >= 15 is 0 Å². The zero-order chi connectivity index (χ0) is 13.4. The molecule has 0 saturated heterocycles. The molecule has 0 saturated carbocycles. The molecular formula is C13H16N4O2S. The lowest BCUT2D eigenvalue weighted by molar-refractivity contribution is 0.0913. The van der Waals surface area contributed by atoms with Crippen molar-refractivity contribution < 1.29 is 9.53 Å². The molecule has 0 aliphatic carbocycles. The molecule has 0 bridgehead atoms. The van der Waals surface area contributed by atoms with E-state index in [9.17, 15) is 4.79 Å². The molecule has 1 amide bonds. The van der Waals surface area contributed by atoms with Gasteiger partial charge in [0.1, 0.15) is 5.69 Å². The van der Waals surface area contributed by atoms with Crippen molar-refractivity contribution in [1.82, 2.24) is 20.1 Å². The van der Waals surface area contributed by atoms with Gasteiger partial charge in [-0.05, 0) is 18.6 Å². The number of aromatic nitrogens is 3. The quantitative estimate of drug-likeness (QED) is 0.907. The van der Waals surface area contributed by atoms with Crippen molar-refractivity contribution in [2.75, 3.05) is 13.7 Å². The zero-order valence-electron chi connectivity index (χ0n) is 11.3. The van der Waals surface area contributed by atoms with Gasteiger partial charge in [-0.3, -0.25) is 9.48 Å². The molecule has 0 fully saturated rings. The number of rotatable bonds is 2. The second kappa shape index (κ2) is 5.54. The molecule has 1 aliphatic rings. The fraction of sp³-hybridized carbons (Fsp3) is 0.308. The number of carbonyl (C=O) groups is 1. The lowest BCUT2D eigenvalue weighted by Gasteiger charge is -2.22. The first-order valence-corrected chi connectivity index (χ1v) is 6.07. The highest BCUT2D eigenvalue weighted by molar-refractivity contribution is 7.59. The topological polar surface area (TPSA) is 69.0 Å². The average Bonchev–Trinajstić information content (AvgIpc) is 2.89. The molecular weight excluding hydrogens is 276 g/mol. The third-order valence-electron chi connectivity index (χ3n) is 3.24. The number of hydrogen-bond donors (Lipinski definition) is 1. The first-order valence-electron chi connectivity index (χ1n) is 6.07. The summed E-state index contributed by atoms with van der Waals surface area (Å²) in [7, 11) is 1.56. The molecule has 1 N–H and O–H groups in total. The SMILES string of the molecule is COc1cc(-c2cnn3c2C(=O)NC[C@@H]3C)ccn1.S. The Hall–Kier alpha value is -2.02. The number of pyridine rings is 1. The molecule has 0 radical (unpaired) electrons.